The van der Waals surface area contributed by atoms with E-state index in [-0.39, 0.29) is 6.04 Å². The molecule has 0 spiro atoms. The minimum Gasteiger partial charge on any atom is -0.388 e. The number of halogens is 1. The predicted octanol–water partition coefficient (Wildman–Crippen LogP) is 1.51. The maximum absolute atomic E-state index is 9.50. The number of nitrogens with one attached hydrogen (secondary N) is 1. The van der Waals surface area contributed by atoms with Crippen LogP contribution in [0, 0.1) is 0 Å². The van der Waals surface area contributed by atoms with Crippen LogP contribution in [0.25, 0.3) is 0 Å². The van der Waals surface area contributed by atoms with Crippen molar-refractivity contribution in [3.8, 4) is 0 Å². The van der Waals surface area contributed by atoms with Gasteiger partial charge in [-0.1, -0.05) is 17.7 Å². The topological polar surface area (TPSA) is 41.5 Å². The van der Waals surface area contributed by atoms with E-state index >= 15 is 0 Å². The Balaban J connectivity index is 2.03. The van der Waals surface area contributed by atoms with Crippen LogP contribution in [0.1, 0.15) is 0 Å². The van der Waals surface area contributed by atoms with Crippen LogP contribution in [0.2, 0.25) is 5.02 Å². The van der Waals surface area contributed by atoms with Gasteiger partial charge in [0, 0.05) is 10.7 Å². The van der Waals surface area contributed by atoms with Gasteiger partial charge in [0.2, 0.25) is 0 Å². The summed E-state index contributed by atoms with van der Waals surface area (Å²) in [6.07, 6.45) is -0.436. The summed E-state index contributed by atoms with van der Waals surface area (Å²) in [5.74, 6) is 0. The average molecular weight is 214 g/mol. The standard InChI is InChI=1S/C10H12ClNO2/c11-7-2-1-3-8(4-7)12-9-5-14-6-10(9)13/h1-4,9-10,12-13H,5-6H2/t9-,10-/m1/s1. The van der Waals surface area contributed by atoms with Crippen LogP contribution in [-0.4, -0.2) is 30.5 Å². The summed E-state index contributed by atoms with van der Waals surface area (Å²) in [5, 5.41) is 13.4. The van der Waals surface area contributed by atoms with E-state index in [1.165, 1.54) is 0 Å². The fourth-order valence-corrected chi connectivity index (χ4v) is 1.66. The molecule has 2 rings (SSSR count). The first-order chi connectivity index (χ1) is 6.75. The van der Waals surface area contributed by atoms with E-state index in [1.807, 2.05) is 24.3 Å². The van der Waals surface area contributed by atoms with E-state index in [4.69, 9.17) is 16.3 Å². The highest BCUT2D eigenvalue weighted by molar-refractivity contribution is 6.30. The van der Waals surface area contributed by atoms with Crippen LogP contribution in [0.3, 0.4) is 0 Å². The van der Waals surface area contributed by atoms with Crippen LogP contribution < -0.4 is 5.32 Å². The van der Waals surface area contributed by atoms with Crippen molar-refractivity contribution < 1.29 is 9.84 Å². The van der Waals surface area contributed by atoms with Crippen molar-refractivity contribution in [1.82, 2.24) is 0 Å². The lowest BCUT2D eigenvalue weighted by Crippen LogP contribution is -2.31. The third-order valence-electron chi connectivity index (χ3n) is 2.23. The Morgan fingerprint density at radius 1 is 1.43 bits per heavy atom. The summed E-state index contributed by atoms with van der Waals surface area (Å²) in [7, 11) is 0. The lowest BCUT2D eigenvalue weighted by Gasteiger charge is -2.15. The number of rotatable bonds is 2. The van der Waals surface area contributed by atoms with Crippen molar-refractivity contribution in [2.24, 2.45) is 0 Å². The van der Waals surface area contributed by atoms with Gasteiger partial charge < -0.3 is 15.2 Å². The third kappa shape index (κ3) is 2.18. The third-order valence-corrected chi connectivity index (χ3v) is 2.46. The van der Waals surface area contributed by atoms with Crippen molar-refractivity contribution in [1.29, 1.82) is 0 Å². The van der Waals surface area contributed by atoms with Crippen LogP contribution in [0.5, 0.6) is 0 Å². The largest absolute Gasteiger partial charge is 0.388 e. The Morgan fingerprint density at radius 3 is 2.93 bits per heavy atom. The first-order valence-corrected chi connectivity index (χ1v) is 4.91. The van der Waals surface area contributed by atoms with E-state index in [0.29, 0.717) is 18.2 Å². The molecule has 0 aromatic heterocycles. The minimum atomic E-state index is -0.436. The molecule has 1 aliphatic rings. The van der Waals surface area contributed by atoms with Crippen molar-refractivity contribution in [2.75, 3.05) is 18.5 Å². The number of hydrogen-bond acceptors (Lipinski definition) is 3. The molecule has 0 amide bonds. The van der Waals surface area contributed by atoms with Crippen molar-refractivity contribution in [3.63, 3.8) is 0 Å². The normalized spacial score (nSPS) is 26.4. The van der Waals surface area contributed by atoms with Crippen LogP contribution in [0.15, 0.2) is 24.3 Å². The van der Waals surface area contributed by atoms with Gasteiger partial charge in [-0.2, -0.15) is 0 Å². The highest BCUT2D eigenvalue weighted by atomic mass is 35.5. The fourth-order valence-electron chi connectivity index (χ4n) is 1.47. The highest BCUT2D eigenvalue weighted by Gasteiger charge is 2.25. The molecule has 3 nitrogen and oxygen atoms in total. The second-order valence-corrected chi connectivity index (χ2v) is 3.80. The molecule has 0 radical (unpaired) electrons. The molecule has 14 heavy (non-hydrogen) atoms. The zero-order chi connectivity index (χ0) is 9.97. The second-order valence-electron chi connectivity index (χ2n) is 3.37. The zero-order valence-corrected chi connectivity index (χ0v) is 8.37. The molecule has 4 heteroatoms. The Labute approximate surface area is 87.6 Å². The molecule has 0 unspecified atom stereocenters. The van der Waals surface area contributed by atoms with Gasteiger partial charge in [0.25, 0.3) is 0 Å². The van der Waals surface area contributed by atoms with Crippen molar-refractivity contribution in [3.05, 3.63) is 29.3 Å². The van der Waals surface area contributed by atoms with E-state index in [2.05, 4.69) is 5.32 Å². The molecular weight excluding hydrogens is 202 g/mol. The highest BCUT2D eigenvalue weighted by Crippen LogP contribution is 2.18. The molecule has 1 aromatic rings. The summed E-state index contributed by atoms with van der Waals surface area (Å²) in [6, 6.07) is 7.39. The Kier molecular flexibility index (Phi) is 2.91. The first kappa shape index (κ1) is 9.77. The van der Waals surface area contributed by atoms with Gasteiger partial charge in [-0.25, -0.2) is 0 Å². The molecule has 0 bridgehead atoms. The smallest absolute Gasteiger partial charge is 0.0996 e. The fraction of sp³-hybridized carbons (Fsp3) is 0.400. The Bertz CT molecular complexity index is 319. The van der Waals surface area contributed by atoms with Gasteiger partial charge in [0.05, 0.1) is 25.4 Å². The second kappa shape index (κ2) is 4.17. The maximum Gasteiger partial charge on any atom is 0.0996 e. The van der Waals surface area contributed by atoms with E-state index in [9.17, 15) is 5.11 Å². The minimum absolute atomic E-state index is 0.0338. The number of aliphatic hydroxyl groups excluding tert-OH is 1. The van der Waals surface area contributed by atoms with Crippen molar-refractivity contribution in [2.45, 2.75) is 12.1 Å². The number of ether oxygens (including phenoxy) is 1. The van der Waals surface area contributed by atoms with Gasteiger partial charge in [-0.05, 0) is 18.2 Å². The Morgan fingerprint density at radius 2 is 2.29 bits per heavy atom. The van der Waals surface area contributed by atoms with Gasteiger partial charge in [0.1, 0.15) is 0 Å². The molecule has 76 valence electrons. The number of hydrogen-bond donors (Lipinski definition) is 2. The Hall–Kier alpha value is -0.770. The number of anilines is 1. The monoisotopic (exact) mass is 213 g/mol. The molecule has 1 saturated heterocycles. The summed E-state index contributed by atoms with van der Waals surface area (Å²) in [6.45, 7) is 0.936. The van der Waals surface area contributed by atoms with Crippen LogP contribution >= 0.6 is 11.6 Å². The summed E-state index contributed by atoms with van der Waals surface area (Å²) in [4.78, 5) is 0. The number of benzene rings is 1. The predicted molar refractivity (Wildman–Crippen MR) is 55.7 cm³/mol. The molecule has 1 fully saturated rings. The summed E-state index contributed by atoms with van der Waals surface area (Å²) in [5.41, 5.74) is 0.909. The van der Waals surface area contributed by atoms with Gasteiger partial charge >= 0.3 is 0 Å². The molecule has 0 saturated carbocycles. The van der Waals surface area contributed by atoms with E-state index in [1.54, 1.807) is 0 Å². The van der Waals surface area contributed by atoms with Crippen molar-refractivity contribution >= 4 is 17.3 Å². The van der Waals surface area contributed by atoms with E-state index < -0.39 is 6.10 Å². The summed E-state index contributed by atoms with van der Waals surface area (Å²) >= 11 is 5.83. The van der Waals surface area contributed by atoms with Gasteiger partial charge in [-0.15, -0.1) is 0 Å². The molecule has 1 aromatic carbocycles. The maximum atomic E-state index is 9.50. The first-order valence-electron chi connectivity index (χ1n) is 4.53. The lowest BCUT2D eigenvalue weighted by atomic mass is 10.2. The molecule has 1 heterocycles. The molecule has 0 aliphatic carbocycles. The van der Waals surface area contributed by atoms with Crippen LogP contribution in [0.4, 0.5) is 5.69 Å². The lowest BCUT2D eigenvalue weighted by molar-refractivity contribution is 0.125. The molecule has 2 atom stereocenters. The zero-order valence-electron chi connectivity index (χ0n) is 7.61. The molecular formula is C10H12ClNO2. The quantitative estimate of drug-likeness (QED) is 0.783. The van der Waals surface area contributed by atoms with Gasteiger partial charge in [0.15, 0.2) is 0 Å². The van der Waals surface area contributed by atoms with Crippen LogP contribution in [-0.2, 0) is 4.74 Å². The van der Waals surface area contributed by atoms with E-state index in [0.717, 1.165) is 5.69 Å². The number of aliphatic hydroxyl groups is 1. The SMILES string of the molecule is O[C@@H]1COC[C@H]1Nc1cccc(Cl)c1. The summed E-state index contributed by atoms with van der Waals surface area (Å²) < 4.78 is 5.13. The molecule has 1 aliphatic heterocycles. The average Bonchev–Trinajstić information content (AvgIpc) is 2.52. The van der Waals surface area contributed by atoms with Gasteiger partial charge in [-0.3, -0.25) is 0 Å². The molecule has 2 N–H and O–H groups in total.